The Hall–Kier alpha value is -1.01. The SMILES string of the molecule is CCc1cnc(SCC(=O)O)n1C1CCN2CCCC2C1. The number of imidazole rings is 1. The molecule has 0 saturated carbocycles. The van der Waals surface area contributed by atoms with Crippen molar-refractivity contribution < 1.29 is 9.90 Å². The van der Waals surface area contributed by atoms with Crippen LogP contribution in [0.5, 0.6) is 0 Å². The number of carbonyl (C=O) groups is 1. The van der Waals surface area contributed by atoms with Crippen molar-refractivity contribution in [2.45, 2.75) is 56.3 Å². The van der Waals surface area contributed by atoms with Gasteiger partial charge in [0, 0.05) is 30.5 Å². The van der Waals surface area contributed by atoms with E-state index < -0.39 is 5.97 Å². The third-order valence-electron chi connectivity index (χ3n) is 4.68. The van der Waals surface area contributed by atoms with E-state index in [0.717, 1.165) is 18.0 Å². The number of piperidine rings is 1. The number of aliphatic carboxylic acids is 1. The maximum absolute atomic E-state index is 10.8. The molecule has 0 radical (unpaired) electrons. The summed E-state index contributed by atoms with van der Waals surface area (Å²) in [6.45, 7) is 4.56. The van der Waals surface area contributed by atoms with Crippen LogP contribution in [0.3, 0.4) is 0 Å². The van der Waals surface area contributed by atoms with Crippen molar-refractivity contribution >= 4 is 17.7 Å². The van der Waals surface area contributed by atoms with Gasteiger partial charge in [0.05, 0.1) is 5.75 Å². The third-order valence-corrected chi connectivity index (χ3v) is 5.64. The molecular weight excluding hydrogens is 286 g/mol. The minimum Gasteiger partial charge on any atom is -0.481 e. The number of carboxylic acid groups (broad SMARTS) is 1. The molecule has 21 heavy (non-hydrogen) atoms. The Morgan fingerprint density at radius 1 is 1.43 bits per heavy atom. The van der Waals surface area contributed by atoms with E-state index in [1.165, 1.54) is 49.8 Å². The number of carboxylic acids is 1. The van der Waals surface area contributed by atoms with E-state index >= 15 is 0 Å². The second-order valence-electron chi connectivity index (χ2n) is 5.95. The number of rotatable bonds is 5. The highest BCUT2D eigenvalue weighted by Crippen LogP contribution is 2.36. The lowest BCUT2D eigenvalue weighted by atomic mass is 9.97. The van der Waals surface area contributed by atoms with E-state index in [-0.39, 0.29) is 5.75 Å². The van der Waals surface area contributed by atoms with Crippen molar-refractivity contribution in [2.75, 3.05) is 18.8 Å². The van der Waals surface area contributed by atoms with Crippen LogP contribution in [0, 0.1) is 0 Å². The number of thioether (sulfide) groups is 1. The molecule has 1 aromatic heterocycles. The summed E-state index contributed by atoms with van der Waals surface area (Å²) in [5.41, 5.74) is 1.24. The summed E-state index contributed by atoms with van der Waals surface area (Å²) < 4.78 is 2.32. The maximum Gasteiger partial charge on any atom is 0.313 e. The van der Waals surface area contributed by atoms with Crippen molar-refractivity contribution in [2.24, 2.45) is 0 Å². The second kappa shape index (κ2) is 6.40. The lowest BCUT2D eigenvalue weighted by Gasteiger charge is -2.36. The van der Waals surface area contributed by atoms with E-state index in [0.29, 0.717) is 12.1 Å². The zero-order valence-electron chi connectivity index (χ0n) is 12.5. The molecule has 0 aliphatic carbocycles. The first-order chi connectivity index (χ1) is 10.2. The van der Waals surface area contributed by atoms with Gasteiger partial charge in [-0.3, -0.25) is 4.79 Å². The Morgan fingerprint density at radius 3 is 3.05 bits per heavy atom. The van der Waals surface area contributed by atoms with Gasteiger partial charge in [-0.15, -0.1) is 0 Å². The van der Waals surface area contributed by atoms with Crippen LogP contribution < -0.4 is 0 Å². The first kappa shape index (κ1) is 14.9. The molecule has 0 bridgehead atoms. The maximum atomic E-state index is 10.8. The predicted octanol–water partition coefficient (Wildman–Crippen LogP) is 2.42. The molecular formula is C15H23N3O2S. The predicted molar refractivity (Wildman–Crippen MR) is 82.8 cm³/mol. The summed E-state index contributed by atoms with van der Waals surface area (Å²) >= 11 is 1.35. The molecule has 2 aliphatic rings. The van der Waals surface area contributed by atoms with Gasteiger partial charge in [0.2, 0.25) is 0 Å². The fraction of sp³-hybridized carbons (Fsp3) is 0.733. The fourth-order valence-electron chi connectivity index (χ4n) is 3.70. The van der Waals surface area contributed by atoms with Gasteiger partial charge in [-0.2, -0.15) is 0 Å². The van der Waals surface area contributed by atoms with Crippen molar-refractivity contribution in [1.29, 1.82) is 0 Å². The molecule has 3 heterocycles. The van der Waals surface area contributed by atoms with Gasteiger partial charge in [0.25, 0.3) is 0 Å². The molecule has 0 spiro atoms. The minimum atomic E-state index is -0.779. The molecule has 6 heteroatoms. The summed E-state index contributed by atoms with van der Waals surface area (Å²) in [7, 11) is 0. The summed E-state index contributed by atoms with van der Waals surface area (Å²) in [5.74, 6) is -0.694. The van der Waals surface area contributed by atoms with Crippen LogP contribution >= 0.6 is 11.8 Å². The van der Waals surface area contributed by atoms with Crippen molar-refractivity contribution in [3.05, 3.63) is 11.9 Å². The van der Waals surface area contributed by atoms with E-state index in [1.807, 2.05) is 6.20 Å². The van der Waals surface area contributed by atoms with Crippen LogP contribution in [0.4, 0.5) is 0 Å². The molecule has 2 atom stereocenters. The minimum absolute atomic E-state index is 0.0858. The topological polar surface area (TPSA) is 58.4 Å². The zero-order valence-corrected chi connectivity index (χ0v) is 13.3. The monoisotopic (exact) mass is 309 g/mol. The van der Waals surface area contributed by atoms with Crippen LogP contribution in [0.25, 0.3) is 0 Å². The fourth-order valence-corrected chi connectivity index (χ4v) is 4.49. The molecule has 1 aromatic rings. The van der Waals surface area contributed by atoms with Crippen LogP contribution in [0.1, 0.15) is 44.3 Å². The van der Waals surface area contributed by atoms with Crippen molar-refractivity contribution in [3.8, 4) is 0 Å². The second-order valence-corrected chi connectivity index (χ2v) is 6.89. The van der Waals surface area contributed by atoms with E-state index in [4.69, 9.17) is 5.11 Å². The molecule has 0 aromatic carbocycles. The summed E-state index contributed by atoms with van der Waals surface area (Å²) in [6.07, 6.45) is 7.84. The third kappa shape index (κ3) is 3.11. The van der Waals surface area contributed by atoms with E-state index in [9.17, 15) is 4.79 Å². The van der Waals surface area contributed by atoms with Gasteiger partial charge in [0.1, 0.15) is 0 Å². The van der Waals surface area contributed by atoms with Gasteiger partial charge in [0.15, 0.2) is 5.16 Å². The molecule has 116 valence electrons. The number of fused-ring (bicyclic) bond motifs is 1. The Labute approximate surface area is 129 Å². The molecule has 0 amide bonds. The summed E-state index contributed by atoms with van der Waals surface area (Å²) in [5, 5.41) is 9.78. The normalized spacial score (nSPS) is 26.0. The number of hydrogen-bond acceptors (Lipinski definition) is 4. The van der Waals surface area contributed by atoms with E-state index in [2.05, 4.69) is 21.4 Å². The number of aryl methyl sites for hydroxylation is 1. The Balaban J connectivity index is 1.79. The van der Waals surface area contributed by atoms with Gasteiger partial charge in [-0.05, 0) is 38.6 Å². The van der Waals surface area contributed by atoms with Crippen molar-refractivity contribution in [1.82, 2.24) is 14.5 Å². The van der Waals surface area contributed by atoms with Crippen molar-refractivity contribution in [3.63, 3.8) is 0 Å². The number of aromatic nitrogens is 2. The lowest BCUT2D eigenvalue weighted by molar-refractivity contribution is -0.133. The standard InChI is InChI=1S/C15H23N3O2S/c1-2-11-9-16-15(21-10-14(19)20)18(11)13-5-7-17-6-3-4-12(17)8-13/h9,12-13H,2-8,10H2,1H3,(H,19,20). The number of nitrogens with zero attached hydrogens (tertiary/aromatic N) is 3. The molecule has 1 N–H and O–H groups in total. The lowest BCUT2D eigenvalue weighted by Crippen LogP contribution is -2.39. The molecule has 2 unspecified atom stereocenters. The zero-order chi connectivity index (χ0) is 14.8. The molecule has 5 nitrogen and oxygen atoms in total. The first-order valence-electron chi connectivity index (χ1n) is 7.83. The molecule has 3 rings (SSSR count). The average Bonchev–Trinajstić information content (AvgIpc) is 3.10. The van der Waals surface area contributed by atoms with E-state index in [1.54, 1.807) is 0 Å². The molecule has 2 aliphatic heterocycles. The summed E-state index contributed by atoms with van der Waals surface area (Å²) in [6, 6.07) is 1.20. The van der Waals surface area contributed by atoms with Crippen LogP contribution in [-0.2, 0) is 11.2 Å². The molecule has 2 fully saturated rings. The van der Waals surface area contributed by atoms with Gasteiger partial charge in [-0.1, -0.05) is 18.7 Å². The van der Waals surface area contributed by atoms with Gasteiger partial charge >= 0.3 is 5.97 Å². The smallest absolute Gasteiger partial charge is 0.313 e. The number of hydrogen-bond donors (Lipinski definition) is 1. The van der Waals surface area contributed by atoms with Crippen LogP contribution in [0.15, 0.2) is 11.4 Å². The Bertz CT molecular complexity index is 517. The largest absolute Gasteiger partial charge is 0.481 e. The average molecular weight is 309 g/mol. The van der Waals surface area contributed by atoms with Gasteiger partial charge < -0.3 is 14.6 Å². The van der Waals surface area contributed by atoms with Gasteiger partial charge in [-0.25, -0.2) is 4.98 Å². The highest BCUT2D eigenvalue weighted by molar-refractivity contribution is 7.99. The quantitative estimate of drug-likeness (QED) is 0.847. The molecule has 2 saturated heterocycles. The first-order valence-corrected chi connectivity index (χ1v) is 8.82. The Kier molecular flexibility index (Phi) is 4.54. The van der Waals surface area contributed by atoms with Crippen LogP contribution in [0.2, 0.25) is 0 Å². The highest BCUT2D eigenvalue weighted by Gasteiger charge is 2.33. The Morgan fingerprint density at radius 2 is 2.29 bits per heavy atom. The van der Waals surface area contributed by atoms with Crippen LogP contribution in [-0.4, -0.2) is 50.4 Å². The highest BCUT2D eigenvalue weighted by atomic mass is 32.2. The summed E-state index contributed by atoms with van der Waals surface area (Å²) in [4.78, 5) is 17.9.